The highest BCUT2D eigenvalue weighted by Crippen LogP contribution is 2.25. The third-order valence-corrected chi connectivity index (χ3v) is 3.68. The molecule has 0 aliphatic heterocycles. The van der Waals surface area contributed by atoms with E-state index in [1.807, 2.05) is 39.1 Å². The quantitative estimate of drug-likeness (QED) is 0.868. The van der Waals surface area contributed by atoms with Gasteiger partial charge in [-0.3, -0.25) is 0 Å². The largest absolute Gasteiger partial charge is 0.373 e. The second kappa shape index (κ2) is 6.76. The molecule has 1 aromatic heterocycles. The summed E-state index contributed by atoms with van der Waals surface area (Å²) >= 11 is 6.06. The Morgan fingerprint density at radius 1 is 1.24 bits per heavy atom. The maximum absolute atomic E-state index is 6.06. The molecule has 0 aliphatic carbocycles. The van der Waals surface area contributed by atoms with Gasteiger partial charge in [-0.05, 0) is 31.5 Å². The van der Waals surface area contributed by atoms with Crippen LogP contribution in [0.3, 0.4) is 0 Å². The first-order valence-corrected chi connectivity index (χ1v) is 7.50. The SMILES string of the molecule is CCc1nc(NC)c(C)c(NC(C)c2cccc(Cl)c2)n1. The zero-order valence-corrected chi connectivity index (χ0v) is 13.6. The molecule has 1 unspecified atom stereocenters. The molecule has 1 heterocycles. The molecular weight excluding hydrogens is 284 g/mol. The zero-order valence-electron chi connectivity index (χ0n) is 12.9. The van der Waals surface area contributed by atoms with Crippen molar-refractivity contribution < 1.29 is 0 Å². The number of anilines is 2. The van der Waals surface area contributed by atoms with Gasteiger partial charge in [0.05, 0.1) is 6.04 Å². The summed E-state index contributed by atoms with van der Waals surface area (Å²) in [6.07, 6.45) is 0.801. The van der Waals surface area contributed by atoms with Crippen molar-refractivity contribution in [2.24, 2.45) is 0 Å². The number of benzene rings is 1. The Balaban J connectivity index is 2.30. The fraction of sp³-hybridized carbons (Fsp3) is 0.375. The lowest BCUT2D eigenvalue weighted by molar-refractivity contribution is 0.852. The van der Waals surface area contributed by atoms with E-state index in [1.165, 1.54) is 0 Å². The van der Waals surface area contributed by atoms with E-state index in [0.29, 0.717) is 0 Å². The van der Waals surface area contributed by atoms with Gasteiger partial charge in [-0.15, -0.1) is 0 Å². The number of nitrogens with zero attached hydrogens (tertiary/aromatic N) is 2. The molecule has 0 bridgehead atoms. The molecule has 112 valence electrons. The van der Waals surface area contributed by atoms with Crippen molar-refractivity contribution in [3.63, 3.8) is 0 Å². The highest BCUT2D eigenvalue weighted by atomic mass is 35.5. The van der Waals surface area contributed by atoms with Crippen molar-refractivity contribution in [2.75, 3.05) is 17.7 Å². The minimum Gasteiger partial charge on any atom is -0.373 e. The molecule has 1 aromatic carbocycles. The lowest BCUT2D eigenvalue weighted by atomic mass is 10.1. The highest BCUT2D eigenvalue weighted by molar-refractivity contribution is 6.30. The molecule has 0 saturated heterocycles. The average Bonchev–Trinajstić information content (AvgIpc) is 2.49. The summed E-state index contributed by atoms with van der Waals surface area (Å²) in [7, 11) is 1.87. The average molecular weight is 305 g/mol. The molecule has 21 heavy (non-hydrogen) atoms. The first-order chi connectivity index (χ1) is 10.0. The maximum atomic E-state index is 6.06. The fourth-order valence-electron chi connectivity index (χ4n) is 2.17. The third-order valence-electron chi connectivity index (χ3n) is 3.45. The summed E-state index contributed by atoms with van der Waals surface area (Å²) in [6, 6.07) is 7.97. The van der Waals surface area contributed by atoms with Gasteiger partial charge in [0, 0.05) is 24.1 Å². The molecule has 1 atom stereocenters. The number of aryl methyl sites for hydroxylation is 1. The third kappa shape index (κ3) is 3.64. The summed E-state index contributed by atoms with van der Waals surface area (Å²) < 4.78 is 0. The first-order valence-electron chi connectivity index (χ1n) is 7.12. The van der Waals surface area contributed by atoms with Crippen molar-refractivity contribution in [2.45, 2.75) is 33.2 Å². The number of rotatable bonds is 5. The van der Waals surface area contributed by atoms with Crippen LogP contribution in [0.25, 0.3) is 0 Å². The molecule has 2 rings (SSSR count). The van der Waals surface area contributed by atoms with Gasteiger partial charge in [-0.2, -0.15) is 0 Å². The van der Waals surface area contributed by atoms with Gasteiger partial charge in [-0.25, -0.2) is 9.97 Å². The number of hydrogen-bond acceptors (Lipinski definition) is 4. The Kier molecular flexibility index (Phi) is 5.02. The van der Waals surface area contributed by atoms with Crippen molar-refractivity contribution in [1.82, 2.24) is 9.97 Å². The summed E-state index contributed by atoms with van der Waals surface area (Å²) in [5, 5.41) is 7.32. The van der Waals surface area contributed by atoms with E-state index in [9.17, 15) is 0 Å². The van der Waals surface area contributed by atoms with Crippen LogP contribution in [0, 0.1) is 6.92 Å². The number of hydrogen-bond donors (Lipinski definition) is 2. The topological polar surface area (TPSA) is 49.8 Å². The zero-order chi connectivity index (χ0) is 15.4. The Morgan fingerprint density at radius 3 is 2.57 bits per heavy atom. The Morgan fingerprint density at radius 2 is 1.95 bits per heavy atom. The molecule has 0 fully saturated rings. The summed E-state index contributed by atoms with van der Waals surface area (Å²) in [4.78, 5) is 9.07. The maximum Gasteiger partial charge on any atom is 0.135 e. The van der Waals surface area contributed by atoms with Gasteiger partial charge in [0.15, 0.2) is 0 Å². The number of aromatic nitrogens is 2. The van der Waals surface area contributed by atoms with E-state index in [0.717, 1.165) is 40.0 Å². The monoisotopic (exact) mass is 304 g/mol. The van der Waals surface area contributed by atoms with Gasteiger partial charge in [0.1, 0.15) is 17.5 Å². The summed E-state index contributed by atoms with van der Waals surface area (Å²) in [5.74, 6) is 2.55. The van der Waals surface area contributed by atoms with Crippen LogP contribution in [0.4, 0.5) is 11.6 Å². The lowest BCUT2D eigenvalue weighted by Crippen LogP contribution is -2.12. The lowest BCUT2D eigenvalue weighted by Gasteiger charge is -2.18. The van der Waals surface area contributed by atoms with Crippen molar-refractivity contribution in [1.29, 1.82) is 0 Å². The molecule has 0 amide bonds. The predicted octanol–water partition coefficient (Wildman–Crippen LogP) is 4.22. The summed E-state index contributed by atoms with van der Waals surface area (Å²) in [5.41, 5.74) is 2.15. The van der Waals surface area contributed by atoms with E-state index < -0.39 is 0 Å². The van der Waals surface area contributed by atoms with E-state index in [4.69, 9.17) is 11.6 Å². The molecule has 2 aromatic rings. The smallest absolute Gasteiger partial charge is 0.135 e. The van der Waals surface area contributed by atoms with Crippen LogP contribution in [0.15, 0.2) is 24.3 Å². The van der Waals surface area contributed by atoms with Crippen LogP contribution in [0.2, 0.25) is 5.02 Å². The van der Waals surface area contributed by atoms with E-state index in [-0.39, 0.29) is 6.04 Å². The molecule has 0 radical (unpaired) electrons. The highest BCUT2D eigenvalue weighted by Gasteiger charge is 2.13. The predicted molar refractivity (Wildman–Crippen MR) is 89.2 cm³/mol. The molecule has 5 heteroatoms. The van der Waals surface area contributed by atoms with Gasteiger partial charge in [-0.1, -0.05) is 30.7 Å². The van der Waals surface area contributed by atoms with Crippen molar-refractivity contribution in [3.05, 3.63) is 46.2 Å². The van der Waals surface area contributed by atoms with E-state index >= 15 is 0 Å². The van der Waals surface area contributed by atoms with E-state index in [1.54, 1.807) is 0 Å². The molecular formula is C16H21ClN4. The molecule has 4 nitrogen and oxygen atoms in total. The van der Waals surface area contributed by atoms with Crippen LogP contribution in [0.5, 0.6) is 0 Å². The number of halogens is 1. The minimum atomic E-state index is 0.117. The van der Waals surface area contributed by atoms with Crippen LogP contribution in [-0.4, -0.2) is 17.0 Å². The second-order valence-electron chi connectivity index (χ2n) is 4.99. The fourth-order valence-corrected chi connectivity index (χ4v) is 2.37. The molecule has 0 saturated carbocycles. The van der Waals surface area contributed by atoms with Gasteiger partial charge >= 0.3 is 0 Å². The van der Waals surface area contributed by atoms with Crippen LogP contribution >= 0.6 is 11.6 Å². The van der Waals surface area contributed by atoms with Crippen molar-refractivity contribution >= 4 is 23.2 Å². The van der Waals surface area contributed by atoms with Crippen molar-refractivity contribution in [3.8, 4) is 0 Å². The first kappa shape index (κ1) is 15.6. The van der Waals surface area contributed by atoms with Crippen LogP contribution < -0.4 is 10.6 Å². The summed E-state index contributed by atoms with van der Waals surface area (Å²) in [6.45, 7) is 6.16. The second-order valence-corrected chi connectivity index (χ2v) is 5.42. The van der Waals surface area contributed by atoms with Crippen LogP contribution in [0.1, 0.15) is 36.8 Å². The van der Waals surface area contributed by atoms with Crippen LogP contribution in [-0.2, 0) is 6.42 Å². The standard InChI is InChI=1S/C16H21ClN4/c1-5-14-20-15(18-4)10(2)16(21-14)19-11(3)12-7-6-8-13(17)9-12/h6-9,11H,5H2,1-4H3,(H2,18,19,20,21). The normalized spacial score (nSPS) is 12.0. The van der Waals surface area contributed by atoms with Gasteiger partial charge < -0.3 is 10.6 Å². The Labute approximate surface area is 131 Å². The molecule has 0 aliphatic rings. The number of nitrogens with one attached hydrogen (secondary N) is 2. The Hall–Kier alpha value is -1.81. The Bertz CT molecular complexity index is 628. The molecule has 2 N–H and O–H groups in total. The van der Waals surface area contributed by atoms with Gasteiger partial charge in [0.2, 0.25) is 0 Å². The molecule has 0 spiro atoms. The van der Waals surface area contributed by atoms with Gasteiger partial charge in [0.25, 0.3) is 0 Å². The van der Waals surface area contributed by atoms with E-state index in [2.05, 4.69) is 33.6 Å². The minimum absolute atomic E-state index is 0.117.